The first-order valence-electron chi connectivity index (χ1n) is 10.5. The quantitative estimate of drug-likeness (QED) is 0.384. The van der Waals surface area contributed by atoms with Crippen molar-refractivity contribution in [3.63, 3.8) is 0 Å². The lowest BCUT2D eigenvalue weighted by Gasteiger charge is -2.19. The van der Waals surface area contributed by atoms with Crippen molar-refractivity contribution < 1.29 is 4.79 Å². The molecule has 0 atom stereocenters. The highest BCUT2D eigenvalue weighted by Crippen LogP contribution is 2.29. The predicted octanol–water partition coefficient (Wildman–Crippen LogP) is 3.67. The van der Waals surface area contributed by atoms with Gasteiger partial charge in [-0.05, 0) is 30.7 Å². The second kappa shape index (κ2) is 8.14. The Bertz CT molecular complexity index is 1390. The standard InChI is InChI=1S/C24H23N7O/c1-2-31(21(32)12-15-6-4-3-5-7-15)14-20-28-22-17-9-8-16(18-10-11-26-30-18)13-19(17)27-24(25)23(22)29-20/h3-11,13H,2,12,14H2,1H3,(H2,25,27)(H,26,30)(H,28,29). The number of carbonyl (C=O) groups excluding carboxylic acids is 1. The minimum absolute atomic E-state index is 0.0544. The number of rotatable bonds is 6. The number of nitrogens with one attached hydrogen (secondary N) is 2. The molecule has 0 radical (unpaired) electrons. The van der Waals surface area contributed by atoms with E-state index in [0.29, 0.717) is 36.7 Å². The Kier molecular flexibility index (Phi) is 5.03. The number of imidazole rings is 1. The molecule has 160 valence electrons. The largest absolute Gasteiger partial charge is 0.382 e. The topological polar surface area (TPSA) is 117 Å². The number of nitrogens with zero attached hydrogens (tertiary/aromatic N) is 4. The molecular formula is C24H23N7O. The van der Waals surface area contributed by atoms with Crippen molar-refractivity contribution >= 4 is 33.7 Å². The van der Waals surface area contributed by atoms with Gasteiger partial charge in [-0.15, -0.1) is 0 Å². The second-order valence-electron chi connectivity index (χ2n) is 7.67. The third kappa shape index (κ3) is 3.66. The van der Waals surface area contributed by atoms with Crippen molar-refractivity contribution in [2.24, 2.45) is 0 Å². The number of fused-ring (bicyclic) bond motifs is 3. The van der Waals surface area contributed by atoms with E-state index in [9.17, 15) is 4.79 Å². The zero-order valence-electron chi connectivity index (χ0n) is 17.7. The molecule has 0 saturated carbocycles. The first-order chi connectivity index (χ1) is 15.6. The molecule has 8 heteroatoms. The van der Waals surface area contributed by atoms with Gasteiger partial charge in [0.25, 0.3) is 0 Å². The number of nitrogens with two attached hydrogens (primary N) is 1. The molecule has 0 aliphatic carbocycles. The van der Waals surface area contributed by atoms with Crippen molar-refractivity contribution in [2.75, 3.05) is 12.3 Å². The van der Waals surface area contributed by atoms with Gasteiger partial charge in [0.05, 0.1) is 29.7 Å². The summed E-state index contributed by atoms with van der Waals surface area (Å²) in [5, 5.41) is 7.98. The summed E-state index contributed by atoms with van der Waals surface area (Å²) in [6.45, 7) is 2.93. The van der Waals surface area contributed by atoms with Crippen LogP contribution in [0.25, 0.3) is 33.2 Å². The van der Waals surface area contributed by atoms with Crippen molar-refractivity contribution in [3.05, 3.63) is 72.2 Å². The monoisotopic (exact) mass is 425 g/mol. The lowest BCUT2D eigenvalue weighted by molar-refractivity contribution is -0.131. The van der Waals surface area contributed by atoms with Crippen LogP contribution in [0.1, 0.15) is 18.3 Å². The molecule has 4 N–H and O–H groups in total. The molecule has 0 fully saturated rings. The minimum atomic E-state index is 0.0544. The fourth-order valence-electron chi connectivity index (χ4n) is 3.92. The van der Waals surface area contributed by atoms with Crippen LogP contribution in [0.15, 0.2) is 60.8 Å². The maximum atomic E-state index is 12.8. The van der Waals surface area contributed by atoms with Gasteiger partial charge in [-0.2, -0.15) is 5.10 Å². The molecule has 0 aliphatic rings. The Morgan fingerprint density at radius 2 is 1.94 bits per heavy atom. The van der Waals surface area contributed by atoms with Gasteiger partial charge < -0.3 is 15.6 Å². The van der Waals surface area contributed by atoms with E-state index in [2.05, 4.69) is 25.1 Å². The van der Waals surface area contributed by atoms with Crippen LogP contribution >= 0.6 is 0 Å². The van der Waals surface area contributed by atoms with Crippen molar-refractivity contribution in [3.8, 4) is 11.3 Å². The molecule has 8 nitrogen and oxygen atoms in total. The van der Waals surface area contributed by atoms with Crippen molar-refractivity contribution in [1.82, 2.24) is 30.0 Å². The van der Waals surface area contributed by atoms with E-state index in [-0.39, 0.29) is 5.91 Å². The first-order valence-corrected chi connectivity index (χ1v) is 10.5. The molecule has 5 aromatic rings. The summed E-state index contributed by atoms with van der Waals surface area (Å²) in [5.74, 6) is 1.09. The summed E-state index contributed by atoms with van der Waals surface area (Å²) in [6.07, 6.45) is 2.14. The van der Waals surface area contributed by atoms with E-state index >= 15 is 0 Å². The Morgan fingerprint density at radius 1 is 1.09 bits per heavy atom. The molecule has 0 aliphatic heterocycles. The Labute approximate surface area is 184 Å². The molecule has 32 heavy (non-hydrogen) atoms. The summed E-state index contributed by atoms with van der Waals surface area (Å²) in [7, 11) is 0. The third-order valence-electron chi connectivity index (χ3n) is 5.57. The second-order valence-corrected chi connectivity index (χ2v) is 7.67. The molecule has 0 bridgehead atoms. The lowest BCUT2D eigenvalue weighted by Crippen LogP contribution is -2.32. The average molecular weight is 425 g/mol. The summed E-state index contributed by atoms with van der Waals surface area (Å²) < 4.78 is 0. The van der Waals surface area contributed by atoms with E-state index in [1.54, 1.807) is 11.1 Å². The SMILES string of the molecule is CCN(Cc1nc2c(N)nc3cc(-c4cc[nH]n4)ccc3c2[nH]1)C(=O)Cc1ccccc1. The maximum Gasteiger partial charge on any atom is 0.227 e. The fraction of sp³-hybridized carbons (Fsp3) is 0.167. The van der Waals surface area contributed by atoms with Crippen LogP contribution in [0.3, 0.4) is 0 Å². The van der Waals surface area contributed by atoms with Crippen molar-refractivity contribution in [1.29, 1.82) is 0 Å². The van der Waals surface area contributed by atoms with E-state index in [1.807, 2.05) is 61.5 Å². The lowest BCUT2D eigenvalue weighted by atomic mass is 10.1. The number of amides is 1. The van der Waals surface area contributed by atoms with E-state index in [1.165, 1.54) is 0 Å². The van der Waals surface area contributed by atoms with Crippen LogP contribution in [0.2, 0.25) is 0 Å². The number of aromatic amines is 2. The Morgan fingerprint density at radius 3 is 2.69 bits per heavy atom. The molecule has 0 saturated heterocycles. The van der Waals surface area contributed by atoms with Crippen LogP contribution in [-0.4, -0.2) is 42.5 Å². The molecule has 1 amide bonds. The number of nitrogen functional groups attached to an aromatic ring is 1. The molecular weight excluding hydrogens is 402 g/mol. The summed E-state index contributed by atoms with van der Waals surface area (Å²) in [5.41, 5.74) is 11.2. The number of pyridine rings is 1. The van der Waals surface area contributed by atoms with Crippen LogP contribution in [0.4, 0.5) is 5.82 Å². The summed E-state index contributed by atoms with van der Waals surface area (Å²) in [6, 6.07) is 17.6. The van der Waals surface area contributed by atoms with E-state index in [4.69, 9.17) is 5.73 Å². The number of benzene rings is 2. The zero-order chi connectivity index (χ0) is 22.1. The maximum absolute atomic E-state index is 12.8. The molecule has 0 spiro atoms. The van der Waals surface area contributed by atoms with E-state index < -0.39 is 0 Å². The molecule has 3 heterocycles. The normalized spacial score (nSPS) is 11.3. The van der Waals surface area contributed by atoms with Gasteiger partial charge in [-0.3, -0.25) is 9.89 Å². The highest BCUT2D eigenvalue weighted by atomic mass is 16.2. The van der Waals surface area contributed by atoms with Crippen molar-refractivity contribution in [2.45, 2.75) is 19.9 Å². The predicted molar refractivity (Wildman–Crippen MR) is 125 cm³/mol. The number of anilines is 1. The zero-order valence-corrected chi connectivity index (χ0v) is 17.7. The van der Waals surface area contributed by atoms with Gasteiger partial charge in [0.2, 0.25) is 5.91 Å². The smallest absolute Gasteiger partial charge is 0.227 e. The minimum Gasteiger partial charge on any atom is -0.382 e. The Balaban J connectivity index is 1.46. The number of likely N-dealkylation sites (N-methyl/N-ethyl adjacent to an activating group) is 1. The molecule has 3 aromatic heterocycles. The van der Waals surface area contributed by atoms with Crippen LogP contribution in [0.5, 0.6) is 0 Å². The molecule has 0 unspecified atom stereocenters. The molecule has 5 rings (SSSR count). The van der Waals surface area contributed by atoms with Crippen LogP contribution < -0.4 is 5.73 Å². The van der Waals surface area contributed by atoms with Gasteiger partial charge in [0, 0.05) is 23.7 Å². The van der Waals surface area contributed by atoms with Crippen LogP contribution in [-0.2, 0) is 17.8 Å². The van der Waals surface area contributed by atoms with Gasteiger partial charge in [-0.1, -0.05) is 36.4 Å². The van der Waals surface area contributed by atoms with Crippen LogP contribution in [0, 0.1) is 0 Å². The summed E-state index contributed by atoms with van der Waals surface area (Å²) >= 11 is 0. The number of aromatic nitrogens is 5. The summed E-state index contributed by atoms with van der Waals surface area (Å²) in [4.78, 5) is 27.2. The average Bonchev–Trinajstić information content (AvgIpc) is 3.48. The van der Waals surface area contributed by atoms with Gasteiger partial charge in [-0.25, -0.2) is 9.97 Å². The number of hydrogen-bond donors (Lipinski definition) is 3. The highest BCUT2D eigenvalue weighted by Gasteiger charge is 2.17. The fourth-order valence-corrected chi connectivity index (χ4v) is 3.92. The van der Waals surface area contributed by atoms with E-state index in [0.717, 1.165) is 33.2 Å². The first kappa shape index (κ1) is 19.7. The third-order valence-corrected chi connectivity index (χ3v) is 5.57. The number of hydrogen-bond acceptors (Lipinski definition) is 5. The van der Waals surface area contributed by atoms with Gasteiger partial charge in [0.1, 0.15) is 11.3 Å². The number of carbonyl (C=O) groups is 1. The number of H-pyrrole nitrogens is 2. The molecule has 2 aromatic carbocycles. The van der Waals surface area contributed by atoms with Gasteiger partial charge >= 0.3 is 0 Å². The highest BCUT2D eigenvalue weighted by molar-refractivity contribution is 6.07. The van der Waals surface area contributed by atoms with Gasteiger partial charge in [0.15, 0.2) is 5.82 Å². The Hall–Kier alpha value is -4.20.